The maximum Gasteiger partial charge on any atom is 0.326 e. The van der Waals surface area contributed by atoms with Crippen molar-refractivity contribution in [1.82, 2.24) is 28.7 Å². The largest absolute Gasteiger partial charge is 0.326 e. The van der Waals surface area contributed by atoms with Crippen LogP contribution >= 0.6 is 34.8 Å². The number of hydrogen-bond donors (Lipinski definition) is 3. The second-order valence-corrected chi connectivity index (χ2v) is 26.4. The summed E-state index contributed by atoms with van der Waals surface area (Å²) >= 11 is 19.0. The Hall–Kier alpha value is -11.1. The van der Waals surface area contributed by atoms with Gasteiger partial charge in [0.15, 0.2) is 0 Å². The van der Waals surface area contributed by atoms with E-state index in [1.165, 1.54) is 20.1 Å². The van der Waals surface area contributed by atoms with Crippen molar-refractivity contribution in [3.05, 3.63) is 295 Å². The molecule has 0 radical (unpaired) electrons. The van der Waals surface area contributed by atoms with Crippen LogP contribution in [0.5, 0.6) is 0 Å². The number of aromatic nitrogens is 6. The van der Waals surface area contributed by atoms with Gasteiger partial charge < -0.3 is 29.7 Å². The van der Waals surface area contributed by atoms with Gasteiger partial charge in [0.1, 0.15) is 29.8 Å². The number of benzodiazepines with no additional fused rings is 3. The van der Waals surface area contributed by atoms with E-state index in [1.807, 2.05) is 91.9 Å². The molecule has 3 aromatic heterocycles. The molecule has 0 aliphatic carbocycles. The predicted molar refractivity (Wildman–Crippen MR) is 393 cm³/mol. The van der Waals surface area contributed by atoms with Crippen molar-refractivity contribution in [2.75, 3.05) is 35.8 Å². The first kappa shape index (κ1) is 67.5. The third-order valence-corrected chi connectivity index (χ3v) is 19.2. The van der Waals surface area contributed by atoms with E-state index < -0.39 is 18.1 Å². The van der Waals surface area contributed by atoms with Crippen molar-refractivity contribution >= 4 is 120 Å². The lowest BCUT2D eigenvalue weighted by Gasteiger charge is -2.21. The van der Waals surface area contributed by atoms with Crippen molar-refractivity contribution in [2.24, 2.45) is 36.1 Å². The fraction of sp³-hybridized carbons (Fsp3) is 0.182. The van der Waals surface area contributed by atoms with Crippen LogP contribution in [0, 0.1) is 25.5 Å². The summed E-state index contributed by atoms with van der Waals surface area (Å²) in [5.74, 6) is -1.27. The Morgan fingerprint density at radius 1 is 0.400 bits per heavy atom. The minimum absolute atomic E-state index is 0.0794. The van der Waals surface area contributed by atoms with Crippen LogP contribution in [0.4, 0.5) is 25.8 Å². The quantitative estimate of drug-likeness (QED) is 0.128. The first-order valence-corrected chi connectivity index (χ1v) is 33.1. The summed E-state index contributed by atoms with van der Waals surface area (Å²) < 4.78 is 33.8. The van der Waals surface area contributed by atoms with Crippen LogP contribution < -0.4 is 31.8 Å². The summed E-state index contributed by atoms with van der Waals surface area (Å²) in [6.45, 7) is 3.73. The third kappa shape index (κ3) is 13.0. The Balaban J connectivity index is 0.000000134. The van der Waals surface area contributed by atoms with E-state index in [0.29, 0.717) is 94.4 Å². The molecule has 100 heavy (non-hydrogen) atoms. The number of anilines is 3. The van der Waals surface area contributed by atoms with Crippen LogP contribution in [0.2, 0.25) is 15.1 Å². The highest BCUT2D eigenvalue weighted by molar-refractivity contribution is 6.33. The van der Waals surface area contributed by atoms with Gasteiger partial charge >= 0.3 is 17.1 Å². The zero-order valence-electron chi connectivity index (χ0n) is 55.5. The first-order chi connectivity index (χ1) is 47.9. The minimum Gasteiger partial charge on any atom is -0.313 e. The first-order valence-electron chi connectivity index (χ1n) is 32.0. The van der Waals surface area contributed by atoms with Gasteiger partial charge in [-0.2, -0.15) is 0 Å². The summed E-state index contributed by atoms with van der Waals surface area (Å²) in [6.07, 6.45) is 0.721. The Morgan fingerprint density at radius 3 is 1.17 bits per heavy atom. The number of aryl methyl sites for hydroxylation is 5. The van der Waals surface area contributed by atoms with Crippen LogP contribution in [-0.4, -0.2) is 103 Å². The van der Waals surface area contributed by atoms with Crippen LogP contribution in [0.1, 0.15) is 61.2 Å². The molecular weight excluding hydrogens is 1330 g/mol. The molecule has 18 nitrogen and oxygen atoms in total. The summed E-state index contributed by atoms with van der Waals surface area (Å²) in [6, 6.07) is 50.2. The monoisotopic (exact) mass is 1400 g/mol. The number of fused-ring (bicyclic) bond motifs is 6. The van der Waals surface area contributed by atoms with E-state index in [9.17, 15) is 37.5 Å². The number of hydrogen-bond acceptors (Lipinski definition) is 9. The van der Waals surface area contributed by atoms with Gasteiger partial charge in [-0.1, -0.05) is 119 Å². The van der Waals surface area contributed by atoms with Crippen LogP contribution in [-0.2, 0) is 54.8 Å². The molecule has 3 aliphatic rings. The SMILES string of the molecule is CN1C(=O)C(Cc2ccccc2F)N=C(c2ccc3c(c2)[nH]c(=O)n3C)c2cc(Cl)ccc21.Cc1cccc(CC2N=C(c3ccc4c(c3)[nH]c(=O)n4C)c3cc(Cl)ccc3N(C)C2=O)c1.Cc1cccc(CC2N=C(c3ccc4c(c3)[nH]c(=O)n4C)c3cc(Cl)ccc3N(C)C2=O)c1F. The molecule has 0 saturated carbocycles. The molecule has 3 aliphatic heterocycles. The molecular formula is C77H65Cl3F2N12O6. The number of likely N-dealkylation sites (N-methyl/N-ethyl adjacent to an activating group) is 3. The van der Waals surface area contributed by atoms with Crippen molar-refractivity contribution < 1.29 is 23.2 Å². The molecule has 0 spiro atoms. The molecule has 504 valence electrons. The number of imidazole rings is 3. The fourth-order valence-corrected chi connectivity index (χ4v) is 13.6. The Kier molecular flexibility index (Phi) is 18.5. The van der Waals surface area contributed by atoms with Crippen LogP contribution in [0.3, 0.4) is 0 Å². The molecule has 15 rings (SSSR count). The second-order valence-electron chi connectivity index (χ2n) is 25.1. The summed E-state index contributed by atoms with van der Waals surface area (Å²) in [7, 11) is 10.3. The van der Waals surface area contributed by atoms with Crippen LogP contribution in [0.15, 0.2) is 205 Å². The number of nitrogens with zero attached hydrogens (tertiary/aromatic N) is 9. The van der Waals surface area contributed by atoms with Gasteiger partial charge in [-0.15, -0.1) is 0 Å². The van der Waals surface area contributed by atoms with E-state index in [4.69, 9.17) is 49.8 Å². The molecule has 9 aromatic carbocycles. The van der Waals surface area contributed by atoms with E-state index in [-0.39, 0.29) is 59.3 Å². The maximum absolute atomic E-state index is 14.8. The number of amides is 3. The lowest BCUT2D eigenvalue weighted by atomic mass is 9.99. The van der Waals surface area contributed by atoms with E-state index in [2.05, 4.69) is 21.0 Å². The number of halogens is 5. The van der Waals surface area contributed by atoms with Crippen LogP contribution in [0.25, 0.3) is 33.1 Å². The highest BCUT2D eigenvalue weighted by atomic mass is 35.5. The Labute approximate surface area is 586 Å². The van der Waals surface area contributed by atoms with Gasteiger partial charge in [-0.25, -0.2) is 23.2 Å². The molecule has 3 N–H and O–H groups in total. The molecule has 3 amide bonds. The molecule has 0 fully saturated rings. The highest BCUT2D eigenvalue weighted by Gasteiger charge is 2.35. The Morgan fingerprint density at radius 2 is 0.770 bits per heavy atom. The fourth-order valence-electron chi connectivity index (χ4n) is 13.1. The zero-order valence-corrected chi connectivity index (χ0v) is 57.7. The average molecular weight is 1400 g/mol. The predicted octanol–water partition coefficient (Wildman–Crippen LogP) is 12.7. The molecule has 3 unspecified atom stereocenters. The lowest BCUT2D eigenvalue weighted by Crippen LogP contribution is -2.36. The van der Waals surface area contributed by atoms with Crippen molar-refractivity contribution in [3.8, 4) is 0 Å². The smallest absolute Gasteiger partial charge is 0.313 e. The van der Waals surface area contributed by atoms with Gasteiger partial charge in [0.2, 0.25) is 0 Å². The number of carbonyl (C=O) groups is 3. The molecule has 12 aromatic rings. The van der Waals surface area contributed by atoms with E-state index in [0.717, 1.165) is 55.6 Å². The van der Waals surface area contributed by atoms with E-state index in [1.54, 1.807) is 142 Å². The number of benzene rings is 9. The molecule has 0 bridgehead atoms. The maximum atomic E-state index is 14.8. The topological polar surface area (TPSA) is 211 Å². The van der Waals surface area contributed by atoms with Gasteiger partial charge in [-0.05, 0) is 133 Å². The number of H-pyrrole nitrogens is 3. The molecule has 3 atom stereocenters. The average Bonchev–Trinajstić information content (AvgIpc) is 1.60. The van der Waals surface area contributed by atoms with Gasteiger partial charge in [0.25, 0.3) is 17.7 Å². The normalized spacial score (nSPS) is 16.0. The van der Waals surface area contributed by atoms with Gasteiger partial charge in [-0.3, -0.25) is 43.1 Å². The van der Waals surface area contributed by atoms with E-state index >= 15 is 0 Å². The molecule has 0 saturated heterocycles. The summed E-state index contributed by atoms with van der Waals surface area (Å²) in [5, 5.41) is 1.57. The second kappa shape index (κ2) is 27.3. The number of nitrogens with one attached hydrogen (secondary N) is 3. The number of rotatable bonds is 9. The molecule has 23 heteroatoms. The number of aliphatic imine (C=N–C) groups is 3. The highest BCUT2D eigenvalue weighted by Crippen LogP contribution is 2.36. The number of aromatic amines is 3. The minimum atomic E-state index is -0.840. The van der Waals surface area contributed by atoms with Gasteiger partial charge in [0.05, 0.1) is 67.3 Å². The third-order valence-electron chi connectivity index (χ3n) is 18.5. The molecule has 6 heterocycles. The zero-order chi connectivity index (χ0) is 70.7. The van der Waals surface area contributed by atoms with Crippen molar-refractivity contribution in [2.45, 2.75) is 51.2 Å². The van der Waals surface area contributed by atoms with Gasteiger partial charge in [0, 0.05) is 110 Å². The summed E-state index contributed by atoms with van der Waals surface area (Å²) in [5.41, 5.74) is 15.5. The lowest BCUT2D eigenvalue weighted by molar-refractivity contribution is -0.120. The van der Waals surface area contributed by atoms with Crippen molar-refractivity contribution in [3.63, 3.8) is 0 Å². The van der Waals surface area contributed by atoms with Crippen molar-refractivity contribution in [1.29, 1.82) is 0 Å². The Bertz CT molecular complexity index is 5640. The number of carbonyl (C=O) groups excluding carboxylic acids is 3. The summed E-state index contributed by atoms with van der Waals surface area (Å²) in [4.78, 5) is 105. The standard InChI is InChI=1S/C26H22ClFN4O2.C26H23ClN4O2.C25H20ClFN4O2/c1-14-5-4-6-15(23(14)28)11-20-25(33)31(2)21-10-8-17(27)13-18(21)24(29-20)16-7-9-22-19(12-16)30-26(34)32(22)3;1-15-5-4-6-16(11-15)12-21-25(32)30(2)22-10-8-18(27)14-19(22)24(28-21)17-7-9-23-20(13-17)29-26(33)31(23)3;1-30-21-10-8-16(26)13-17(21)23(15-7-9-22-19(12-15)29-25(33)31(22)2)28-20(24(30)32)11-14-5-3-4-6-18(14)27/h4-10,12-13,20H,11H2,1-3H3,(H,30,34);4-11,13-14,21H,12H2,1-3H3,(H,29,33);3-10,12-13,20H,11H2,1-2H3,(H,29,33).